The Kier molecular flexibility index (Phi) is 4.83. The number of carboxylic acid groups (broad SMARTS) is 1. The van der Waals surface area contributed by atoms with Crippen molar-refractivity contribution in [2.24, 2.45) is 0 Å². The van der Waals surface area contributed by atoms with E-state index in [2.05, 4.69) is 15.9 Å². The maximum Gasteiger partial charge on any atom is 0.321 e. The maximum atomic E-state index is 13.2. The molecule has 0 aliphatic carbocycles. The van der Waals surface area contributed by atoms with Crippen molar-refractivity contribution in [3.05, 3.63) is 34.1 Å². The van der Waals surface area contributed by atoms with Gasteiger partial charge in [0.2, 0.25) is 10.0 Å². The summed E-state index contributed by atoms with van der Waals surface area (Å²) >= 11 is 2.95. The normalized spacial score (nSPS) is 13.3. The van der Waals surface area contributed by atoms with Crippen molar-refractivity contribution >= 4 is 31.9 Å². The summed E-state index contributed by atoms with van der Waals surface area (Å²) in [7, 11) is -3.82. The van der Waals surface area contributed by atoms with Gasteiger partial charge in [-0.15, -0.1) is 0 Å². The molecular weight excluding hydrogens is 329 g/mol. The molecule has 1 rings (SSSR count). The molecule has 8 heteroatoms. The van der Waals surface area contributed by atoms with Crippen LogP contribution in [-0.2, 0) is 20.6 Å². The van der Waals surface area contributed by atoms with Gasteiger partial charge in [-0.3, -0.25) is 4.79 Å². The van der Waals surface area contributed by atoms with Crippen molar-refractivity contribution in [2.75, 3.05) is 0 Å². The molecule has 2 N–H and O–H groups in total. The lowest BCUT2D eigenvalue weighted by atomic mass is 10.2. The molecule has 0 aliphatic heterocycles. The summed E-state index contributed by atoms with van der Waals surface area (Å²) in [6.45, 7) is 1.21. The molecule has 1 aromatic carbocycles. The zero-order chi connectivity index (χ0) is 13.9. The number of benzene rings is 1. The highest BCUT2D eigenvalue weighted by Gasteiger charge is 2.20. The molecule has 0 bridgehead atoms. The number of nitrogens with one attached hydrogen (secondary N) is 1. The van der Waals surface area contributed by atoms with Gasteiger partial charge >= 0.3 is 5.97 Å². The molecule has 0 radical (unpaired) electrons. The number of hydrogen-bond acceptors (Lipinski definition) is 3. The van der Waals surface area contributed by atoms with Crippen molar-refractivity contribution in [3.63, 3.8) is 0 Å². The lowest BCUT2D eigenvalue weighted by molar-refractivity contribution is -0.138. The molecule has 0 saturated carbocycles. The zero-order valence-electron chi connectivity index (χ0n) is 9.35. The molecule has 0 aromatic heterocycles. The molecule has 1 unspecified atom stereocenters. The highest BCUT2D eigenvalue weighted by molar-refractivity contribution is 9.10. The van der Waals surface area contributed by atoms with E-state index in [0.717, 1.165) is 6.07 Å². The summed E-state index contributed by atoms with van der Waals surface area (Å²) in [5, 5.41) is 8.60. The number of rotatable bonds is 5. The van der Waals surface area contributed by atoms with Crippen LogP contribution in [0.5, 0.6) is 0 Å². The second kappa shape index (κ2) is 5.77. The Labute approximate surface area is 112 Å². The molecule has 0 heterocycles. The number of halogens is 2. The predicted octanol–water partition coefficient (Wildman–Crippen LogP) is 1.48. The third kappa shape index (κ3) is 4.35. The van der Waals surface area contributed by atoms with Crippen molar-refractivity contribution in [3.8, 4) is 0 Å². The smallest absolute Gasteiger partial charge is 0.321 e. The highest BCUT2D eigenvalue weighted by atomic mass is 79.9. The van der Waals surface area contributed by atoms with Gasteiger partial charge in [0, 0.05) is 0 Å². The van der Waals surface area contributed by atoms with Crippen LogP contribution in [0.2, 0.25) is 0 Å². The van der Waals surface area contributed by atoms with Crippen LogP contribution in [0, 0.1) is 5.82 Å². The molecule has 1 aromatic rings. The number of aliphatic carboxylic acids is 1. The lowest BCUT2D eigenvalue weighted by Gasteiger charge is -2.10. The maximum absolute atomic E-state index is 13.2. The van der Waals surface area contributed by atoms with Crippen LogP contribution in [0.3, 0.4) is 0 Å². The van der Waals surface area contributed by atoms with Crippen molar-refractivity contribution in [1.29, 1.82) is 0 Å². The third-order valence-corrected chi connectivity index (χ3v) is 4.14. The summed E-state index contributed by atoms with van der Waals surface area (Å²) in [6.07, 6.45) is 0. The van der Waals surface area contributed by atoms with E-state index in [9.17, 15) is 17.6 Å². The van der Waals surface area contributed by atoms with Gasteiger partial charge in [0.1, 0.15) is 11.9 Å². The summed E-state index contributed by atoms with van der Waals surface area (Å²) < 4.78 is 38.6. The Hall–Kier alpha value is -0.990. The first-order chi connectivity index (χ1) is 8.21. The Bertz CT molecular complexity index is 561. The number of carboxylic acids is 1. The van der Waals surface area contributed by atoms with E-state index in [0.29, 0.717) is 0 Å². The van der Waals surface area contributed by atoms with Gasteiger partial charge in [0.25, 0.3) is 0 Å². The van der Waals surface area contributed by atoms with Crippen LogP contribution in [0.15, 0.2) is 22.7 Å². The van der Waals surface area contributed by atoms with Gasteiger partial charge < -0.3 is 5.11 Å². The van der Waals surface area contributed by atoms with Crippen LogP contribution >= 0.6 is 15.9 Å². The fourth-order valence-electron chi connectivity index (χ4n) is 1.21. The molecule has 0 fully saturated rings. The lowest BCUT2D eigenvalue weighted by Crippen LogP contribution is -2.38. The van der Waals surface area contributed by atoms with Gasteiger partial charge in [0.05, 0.1) is 10.2 Å². The zero-order valence-corrected chi connectivity index (χ0v) is 11.8. The number of hydrogen-bond donors (Lipinski definition) is 2. The van der Waals surface area contributed by atoms with E-state index in [1.54, 1.807) is 0 Å². The SMILES string of the molecule is CC(NS(=O)(=O)Cc1ccc(Br)c(F)c1)C(=O)O. The summed E-state index contributed by atoms with van der Waals surface area (Å²) in [4.78, 5) is 10.5. The van der Waals surface area contributed by atoms with Gasteiger partial charge in [-0.05, 0) is 40.5 Å². The van der Waals surface area contributed by atoms with Gasteiger partial charge in [0.15, 0.2) is 0 Å². The highest BCUT2D eigenvalue weighted by Crippen LogP contribution is 2.17. The van der Waals surface area contributed by atoms with Crippen LogP contribution < -0.4 is 4.72 Å². The quantitative estimate of drug-likeness (QED) is 0.851. The van der Waals surface area contributed by atoms with Gasteiger partial charge in [-0.1, -0.05) is 6.07 Å². The largest absolute Gasteiger partial charge is 0.480 e. The van der Waals surface area contributed by atoms with Crippen LogP contribution in [0.4, 0.5) is 4.39 Å². The predicted molar refractivity (Wildman–Crippen MR) is 67.0 cm³/mol. The van der Waals surface area contributed by atoms with Crippen LogP contribution in [0.25, 0.3) is 0 Å². The Balaban J connectivity index is 2.82. The monoisotopic (exact) mass is 339 g/mol. The molecule has 1 atom stereocenters. The Morgan fingerprint density at radius 3 is 2.67 bits per heavy atom. The van der Waals surface area contributed by atoms with E-state index in [4.69, 9.17) is 5.11 Å². The summed E-state index contributed by atoms with van der Waals surface area (Å²) in [5.41, 5.74) is 0.237. The third-order valence-electron chi connectivity index (χ3n) is 2.07. The van der Waals surface area contributed by atoms with E-state index < -0.39 is 33.6 Å². The fourth-order valence-corrected chi connectivity index (χ4v) is 2.80. The first-order valence-corrected chi connectivity index (χ1v) is 7.32. The second-order valence-corrected chi connectivity index (χ2v) is 6.29. The van der Waals surface area contributed by atoms with Gasteiger partial charge in [-0.2, -0.15) is 0 Å². The second-order valence-electron chi connectivity index (χ2n) is 3.69. The molecule has 0 aliphatic rings. The topological polar surface area (TPSA) is 83.5 Å². The average molecular weight is 340 g/mol. The van der Waals surface area contributed by atoms with E-state index in [1.165, 1.54) is 19.1 Å². The van der Waals surface area contributed by atoms with Crippen LogP contribution in [0.1, 0.15) is 12.5 Å². The minimum Gasteiger partial charge on any atom is -0.480 e. The molecule has 5 nitrogen and oxygen atoms in total. The van der Waals surface area contributed by atoms with E-state index in [1.807, 2.05) is 4.72 Å². The van der Waals surface area contributed by atoms with E-state index in [-0.39, 0.29) is 10.0 Å². The molecule has 18 heavy (non-hydrogen) atoms. The van der Waals surface area contributed by atoms with Crippen molar-refractivity contribution < 1.29 is 22.7 Å². The van der Waals surface area contributed by atoms with Crippen LogP contribution in [-0.4, -0.2) is 25.5 Å². The summed E-state index contributed by atoms with van der Waals surface area (Å²) in [6, 6.07) is 2.68. The molecular formula is C10H11BrFNO4S. The molecule has 0 amide bonds. The van der Waals surface area contributed by atoms with E-state index >= 15 is 0 Å². The summed E-state index contributed by atoms with van der Waals surface area (Å²) in [5.74, 6) is -2.33. The Morgan fingerprint density at radius 1 is 1.56 bits per heavy atom. The molecule has 0 saturated heterocycles. The molecule has 0 spiro atoms. The number of carbonyl (C=O) groups is 1. The molecule has 100 valence electrons. The van der Waals surface area contributed by atoms with Crippen molar-refractivity contribution in [2.45, 2.75) is 18.7 Å². The first-order valence-electron chi connectivity index (χ1n) is 4.88. The standard InChI is InChI=1S/C10H11BrFNO4S/c1-6(10(14)15)13-18(16,17)5-7-2-3-8(11)9(12)4-7/h2-4,6,13H,5H2,1H3,(H,14,15). The first kappa shape index (κ1) is 15.1. The van der Waals surface area contributed by atoms with Crippen molar-refractivity contribution in [1.82, 2.24) is 4.72 Å². The average Bonchev–Trinajstić information content (AvgIpc) is 2.22. The fraction of sp³-hybridized carbons (Fsp3) is 0.300. The van der Waals surface area contributed by atoms with Gasteiger partial charge in [-0.25, -0.2) is 17.5 Å². The number of sulfonamides is 1. The Morgan fingerprint density at radius 2 is 2.17 bits per heavy atom. The minimum absolute atomic E-state index is 0.232. The minimum atomic E-state index is -3.82.